The number of carbonyl (C=O) groups excluding carboxylic acids is 2. The van der Waals surface area contributed by atoms with Gasteiger partial charge in [-0.3, -0.25) is 13.9 Å². The lowest BCUT2D eigenvalue weighted by Crippen LogP contribution is -2.54. The number of benzene rings is 4. The van der Waals surface area contributed by atoms with Gasteiger partial charge in [-0.15, -0.1) is 0 Å². The molecule has 0 radical (unpaired) electrons. The topological polar surface area (TPSA) is 96.0 Å². The van der Waals surface area contributed by atoms with Gasteiger partial charge in [0.05, 0.1) is 17.7 Å². The summed E-state index contributed by atoms with van der Waals surface area (Å²) in [4.78, 5) is 30.0. The number of halogens is 2. The zero-order valence-corrected chi connectivity index (χ0v) is 29.1. The first-order valence-corrected chi connectivity index (χ1v) is 17.4. The van der Waals surface area contributed by atoms with Crippen molar-refractivity contribution in [2.45, 2.75) is 57.1 Å². The van der Waals surface area contributed by atoms with Gasteiger partial charge in [0.15, 0.2) is 0 Å². The molecule has 0 unspecified atom stereocenters. The highest BCUT2D eigenvalue weighted by atomic mass is 35.5. The van der Waals surface area contributed by atoms with Crippen molar-refractivity contribution < 1.29 is 22.7 Å². The number of amides is 2. The van der Waals surface area contributed by atoms with E-state index in [0.29, 0.717) is 17.7 Å². The molecular formula is C36H39Cl2N3O5S. The van der Waals surface area contributed by atoms with Gasteiger partial charge in [-0.2, -0.15) is 0 Å². The van der Waals surface area contributed by atoms with Crippen molar-refractivity contribution >= 4 is 50.7 Å². The number of sulfonamides is 1. The molecule has 4 aromatic rings. The van der Waals surface area contributed by atoms with E-state index in [1.807, 2.05) is 57.2 Å². The monoisotopic (exact) mass is 695 g/mol. The van der Waals surface area contributed by atoms with Crippen LogP contribution in [0.4, 0.5) is 5.69 Å². The average molecular weight is 697 g/mol. The predicted molar refractivity (Wildman–Crippen MR) is 188 cm³/mol. The van der Waals surface area contributed by atoms with Gasteiger partial charge in [0, 0.05) is 29.1 Å². The van der Waals surface area contributed by atoms with Crippen molar-refractivity contribution in [2.75, 3.05) is 18.0 Å². The SMILES string of the molecule is CC[C@@H](C)NC(=O)[C@@H](Cc1ccccc1)N(Cc1cccc(OC)c1)C(=O)CN(c1cc(Cl)cc(Cl)c1)S(=O)(=O)c1ccc(C)cc1. The molecule has 0 saturated carbocycles. The van der Waals surface area contributed by atoms with Crippen LogP contribution in [0.25, 0.3) is 0 Å². The Kier molecular flexibility index (Phi) is 12.3. The van der Waals surface area contributed by atoms with Gasteiger partial charge < -0.3 is 15.0 Å². The van der Waals surface area contributed by atoms with Gasteiger partial charge in [-0.1, -0.05) is 90.3 Å². The van der Waals surface area contributed by atoms with Gasteiger partial charge in [-0.05, 0) is 73.9 Å². The number of hydrogen-bond donors (Lipinski definition) is 1. The van der Waals surface area contributed by atoms with E-state index in [2.05, 4.69) is 5.32 Å². The lowest BCUT2D eigenvalue weighted by molar-refractivity contribution is -0.140. The molecule has 11 heteroatoms. The lowest BCUT2D eigenvalue weighted by atomic mass is 10.0. The Labute approximate surface area is 287 Å². The number of methoxy groups -OCH3 is 1. The summed E-state index contributed by atoms with van der Waals surface area (Å²) in [5, 5.41) is 3.43. The first-order valence-electron chi connectivity index (χ1n) is 15.2. The molecule has 0 heterocycles. The summed E-state index contributed by atoms with van der Waals surface area (Å²) in [5.41, 5.74) is 2.52. The third-order valence-electron chi connectivity index (χ3n) is 7.78. The van der Waals surface area contributed by atoms with Crippen molar-refractivity contribution in [3.05, 3.63) is 124 Å². The Hall–Kier alpha value is -4.05. The van der Waals surface area contributed by atoms with Crippen LogP contribution in [-0.2, 0) is 32.6 Å². The lowest BCUT2D eigenvalue weighted by Gasteiger charge is -2.34. The standard InChI is InChI=1S/C36H39Cl2N3O5S/c1-5-26(3)39-36(43)34(19-27-10-7-6-8-11-27)40(23-28-12-9-13-32(18-28)46-4)35(42)24-41(31-21-29(37)20-30(38)22-31)47(44,45)33-16-14-25(2)15-17-33/h6-18,20-22,26,34H,5,19,23-24H2,1-4H3,(H,39,43)/t26-,34-/m1/s1. The maximum absolute atomic E-state index is 14.6. The van der Waals surface area contributed by atoms with E-state index < -0.39 is 28.5 Å². The maximum atomic E-state index is 14.6. The molecule has 0 bridgehead atoms. The van der Waals surface area contributed by atoms with Crippen LogP contribution in [0.2, 0.25) is 10.0 Å². The summed E-state index contributed by atoms with van der Waals surface area (Å²) in [5.74, 6) is -0.367. The van der Waals surface area contributed by atoms with Crippen LogP contribution in [0.1, 0.15) is 37.0 Å². The molecule has 4 rings (SSSR count). The van der Waals surface area contributed by atoms with Crippen molar-refractivity contribution in [3.8, 4) is 5.75 Å². The number of anilines is 1. The molecule has 0 spiro atoms. The zero-order chi connectivity index (χ0) is 34.1. The van der Waals surface area contributed by atoms with E-state index in [0.717, 1.165) is 15.4 Å². The van der Waals surface area contributed by atoms with Crippen molar-refractivity contribution in [1.29, 1.82) is 0 Å². The molecular weight excluding hydrogens is 657 g/mol. The second-order valence-corrected chi connectivity index (χ2v) is 14.1. The number of carbonyl (C=O) groups is 2. The van der Waals surface area contributed by atoms with Gasteiger partial charge >= 0.3 is 0 Å². The summed E-state index contributed by atoms with van der Waals surface area (Å²) in [6.07, 6.45) is 0.887. The summed E-state index contributed by atoms with van der Waals surface area (Å²) in [6, 6.07) is 26.1. The van der Waals surface area contributed by atoms with Gasteiger partial charge in [0.2, 0.25) is 11.8 Å². The van der Waals surface area contributed by atoms with Gasteiger partial charge in [0.1, 0.15) is 18.3 Å². The first-order chi connectivity index (χ1) is 22.4. The normalized spacial score (nSPS) is 12.6. The van der Waals surface area contributed by atoms with Crippen LogP contribution < -0.4 is 14.4 Å². The third kappa shape index (κ3) is 9.50. The minimum absolute atomic E-state index is 0.0101. The van der Waals surface area contributed by atoms with E-state index in [1.54, 1.807) is 37.4 Å². The molecule has 1 N–H and O–H groups in total. The molecule has 0 aliphatic carbocycles. The molecule has 0 aromatic heterocycles. The highest BCUT2D eigenvalue weighted by Gasteiger charge is 2.35. The van der Waals surface area contributed by atoms with Crippen LogP contribution in [0.5, 0.6) is 5.75 Å². The summed E-state index contributed by atoms with van der Waals surface area (Å²) < 4.78 is 34.8. The first kappa shape index (κ1) is 35.8. The Morgan fingerprint density at radius 3 is 2.13 bits per heavy atom. The Balaban J connectivity index is 1.84. The molecule has 0 aliphatic heterocycles. The molecule has 47 heavy (non-hydrogen) atoms. The molecule has 248 valence electrons. The summed E-state index contributed by atoms with van der Waals surface area (Å²) in [6.45, 7) is 5.09. The number of ether oxygens (including phenoxy) is 1. The third-order valence-corrected chi connectivity index (χ3v) is 10.0. The van der Waals surface area contributed by atoms with Crippen molar-refractivity contribution in [2.24, 2.45) is 0 Å². The molecule has 0 aliphatic rings. The molecule has 0 fully saturated rings. The van der Waals surface area contributed by atoms with Crippen LogP contribution in [0.3, 0.4) is 0 Å². The highest BCUT2D eigenvalue weighted by molar-refractivity contribution is 7.92. The van der Waals surface area contributed by atoms with E-state index in [4.69, 9.17) is 27.9 Å². The number of rotatable bonds is 14. The van der Waals surface area contributed by atoms with Gasteiger partial charge in [-0.25, -0.2) is 8.42 Å². The fourth-order valence-corrected chi connectivity index (χ4v) is 6.92. The average Bonchev–Trinajstić information content (AvgIpc) is 3.05. The highest BCUT2D eigenvalue weighted by Crippen LogP contribution is 2.30. The van der Waals surface area contributed by atoms with Gasteiger partial charge in [0.25, 0.3) is 10.0 Å². The zero-order valence-electron chi connectivity index (χ0n) is 26.8. The fraction of sp³-hybridized carbons (Fsp3) is 0.278. The molecule has 2 atom stereocenters. The van der Waals surface area contributed by atoms with E-state index in [-0.39, 0.29) is 45.5 Å². The quantitative estimate of drug-likeness (QED) is 0.152. The van der Waals surface area contributed by atoms with Crippen LogP contribution in [0.15, 0.2) is 102 Å². The smallest absolute Gasteiger partial charge is 0.264 e. The molecule has 0 saturated heterocycles. The van der Waals surface area contributed by atoms with Crippen LogP contribution >= 0.6 is 23.2 Å². The second-order valence-electron chi connectivity index (χ2n) is 11.3. The number of aryl methyl sites for hydroxylation is 1. The van der Waals surface area contributed by atoms with E-state index in [1.165, 1.54) is 35.2 Å². The molecule has 4 aromatic carbocycles. The number of nitrogens with one attached hydrogen (secondary N) is 1. The minimum Gasteiger partial charge on any atom is -0.497 e. The molecule has 2 amide bonds. The van der Waals surface area contributed by atoms with E-state index >= 15 is 0 Å². The Morgan fingerprint density at radius 1 is 0.872 bits per heavy atom. The number of nitrogens with zero attached hydrogens (tertiary/aromatic N) is 2. The number of hydrogen-bond acceptors (Lipinski definition) is 5. The van der Waals surface area contributed by atoms with Crippen molar-refractivity contribution in [1.82, 2.24) is 10.2 Å². The van der Waals surface area contributed by atoms with Crippen LogP contribution in [0, 0.1) is 6.92 Å². The van der Waals surface area contributed by atoms with E-state index in [9.17, 15) is 18.0 Å². The maximum Gasteiger partial charge on any atom is 0.264 e. The summed E-state index contributed by atoms with van der Waals surface area (Å²) >= 11 is 12.6. The largest absolute Gasteiger partial charge is 0.497 e. The van der Waals surface area contributed by atoms with Crippen LogP contribution in [-0.4, -0.2) is 50.9 Å². The predicted octanol–water partition coefficient (Wildman–Crippen LogP) is 7.06. The Bertz CT molecular complexity index is 1770. The second kappa shape index (κ2) is 16.2. The fourth-order valence-electron chi connectivity index (χ4n) is 5.01. The van der Waals surface area contributed by atoms with Crippen molar-refractivity contribution in [3.63, 3.8) is 0 Å². The molecule has 8 nitrogen and oxygen atoms in total. The minimum atomic E-state index is -4.30. The Morgan fingerprint density at radius 2 is 1.51 bits per heavy atom. The summed E-state index contributed by atoms with van der Waals surface area (Å²) in [7, 11) is -2.75.